The van der Waals surface area contributed by atoms with E-state index in [4.69, 9.17) is 0 Å². The fourth-order valence-corrected chi connectivity index (χ4v) is 3.31. The van der Waals surface area contributed by atoms with Crippen molar-refractivity contribution in [3.63, 3.8) is 0 Å². The Bertz CT molecular complexity index is 135. The first kappa shape index (κ1) is 15.0. The van der Waals surface area contributed by atoms with Crippen LogP contribution in [0.25, 0.3) is 0 Å². The van der Waals surface area contributed by atoms with Crippen LogP contribution in [0.4, 0.5) is 0 Å². The second-order valence-corrected chi connectivity index (χ2v) is 5.11. The van der Waals surface area contributed by atoms with Crippen molar-refractivity contribution in [1.82, 2.24) is 0 Å². The molecule has 0 bridgehead atoms. The maximum absolute atomic E-state index is 2.44. The number of rotatable bonds is 8. The summed E-state index contributed by atoms with van der Waals surface area (Å²) in [6.45, 7) is 14.3. The smallest absolute Gasteiger partial charge is 0.0358 e. The Labute approximate surface area is 97.8 Å². The lowest BCUT2D eigenvalue weighted by Gasteiger charge is -2.35. The van der Waals surface area contributed by atoms with E-state index in [1.54, 1.807) is 0 Å². The normalized spacial score (nSPS) is 17.8. The van der Waals surface area contributed by atoms with Gasteiger partial charge in [0.2, 0.25) is 0 Å². The van der Waals surface area contributed by atoms with Crippen molar-refractivity contribution in [1.29, 1.82) is 0 Å². The van der Waals surface area contributed by atoms with Crippen LogP contribution in [-0.2, 0) is 0 Å². The molecule has 0 heterocycles. The highest BCUT2D eigenvalue weighted by Crippen LogP contribution is 2.36. The Morgan fingerprint density at radius 3 is 1.33 bits per heavy atom. The van der Waals surface area contributed by atoms with Gasteiger partial charge in [-0.05, 0) is 23.7 Å². The van der Waals surface area contributed by atoms with Gasteiger partial charge in [0.05, 0.1) is 0 Å². The maximum atomic E-state index is 2.44. The van der Waals surface area contributed by atoms with Gasteiger partial charge in [-0.25, -0.2) is 0 Å². The summed E-state index contributed by atoms with van der Waals surface area (Å²) in [6, 6.07) is 0. The molecule has 0 aromatic carbocycles. The third kappa shape index (κ3) is 4.17. The first-order chi connectivity index (χ1) is 7.15. The maximum Gasteiger partial charge on any atom is -0.0358 e. The van der Waals surface area contributed by atoms with E-state index in [0.29, 0.717) is 0 Å². The van der Waals surface area contributed by atoms with Crippen LogP contribution < -0.4 is 0 Å². The van der Waals surface area contributed by atoms with Crippen molar-refractivity contribution in [2.75, 3.05) is 0 Å². The molecule has 0 aromatic rings. The zero-order valence-corrected chi connectivity index (χ0v) is 11.8. The van der Waals surface area contributed by atoms with Gasteiger partial charge in [0.1, 0.15) is 0 Å². The molecule has 0 aliphatic heterocycles. The molecule has 0 aromatic heterocycles. The molecule has 15 heavy (non-hydrogen) atoms. The minimum absolute atomic E-state index is 0.903. The topological polar surface area (TPSA) is 0 Å². The molecule has 0 saturated heterocycles. The summed E-state index contributed by atoms with van der Waals surface area (Å²) in [5, 5.41) is 0. The Balaban J connectivity index is 4.57. The molecule has 0 N–H and O–H groups in total. The van der Waals surface area contributed by atoms with E-state index in [1.165, 1.54) is 32.1 Å². The quantitative estimate of drug-likeness (QED) is 0.497. The highest BCUT2D eigenvalue weighted by molar-refractivity contribution is 4.77. The summed E-state index contributed by atoms with van der Waals surface area (Å²) in [7, 11) is 0. The van der Waals surface area contributed by atoms with Crippen LogP contribution in [0.1, 0.15) is 73.6 Å². The second-order valence-electron chi connectivity index (χ2n) is 5.11. The Morgan fingerprint density at radius 1 is 0.600 bits per heavy atom. The number of hydrogen-bond donors (Lipinski definition) is 0. The first-order valence-electron chi connectivity index (χ1n) is 7.15. The average molecular weight is 212 g/mol. The zero-order chi connectivity index (χ0) is 11.8. The third-order valence-electron chi connectivity index (χ3n) is 4.52. The molecule has 0 spiro atoms. The van der Waals surface area contributed by atoms with Crippen LogP contribution in [0.5, 0.6) is 0 Å². The molecule has 0 radical (unpaired) electrons. The van der Waals surface area contributed by atoms with Crippen LogP contribution in [-0.4, -0.2) is 0 Å². The molecule has 0 heteroatoms. The molecule has 0 saturated carbocycles. The van der Waals surface area contributed by atoms with Crippen molar-refractivity contribution in [2.45, 2.75) is 73.6 Å². The van der Waals surface area contributed by atoms with E-state index in [9.17, 15) is 0 Å². The van der Waals surface area contributed by atoms with Crippen molar-refractivity contribution >= 4 is 0 Å². The monoisotopic (exact) mass is 212 g/mol. The van der Waals surface area contributed by atoms with Gasteiger partial charge in [-0.1, -0.05) is 73.6 Å². The predicted molar refractivity (Wildman–Crippen MR) is 71.1 cm³/mol. The van der Waals surface area contributed by atoms with E-state index in [0.717, 1.165) is 23.7 Å². The van der Waals surface area contributed by atoms with Crippen LogP contribution in [0.2, 0.25) is 0 Å². The Hall–Kier alpha value is 0. The van der Waals surface area contributed by atoms with Gasteiger partial charge >= 0.3 is 0 Å². The molecule has 3 unspecified atom stereocenters. The lowest BCUT2D eigenvalue weighted by molar-refractivity contribution is 0.147. The van der Waals surface area contributed by atoms with Crippen molar-refractivity contribution in [3.8, 4) is 0 Å². The average Bonchev–Trinajstić information content (AvgIpc) is 2.28. The molecular weight excluding hydrogens is 180 g/mol. The molecule has 0 nitrogen and oxygen atoms in total. The van der Waals surface area contributed by atoms with Crippen LogP contribution in [0.3, 0.4) is 0 Å². The summed E-state index contributed by atoms with van der Waals surface area (Å²) in [5.74, 6) is 3.76. The third-order valence-corrected chi connectivity index (χ3v) is 4.52. The molecule has 0 rings (SSSR count). The van der Waals surface area contributed by atoms with E-state index in [1.807, 2.05) is 0 Å². The fourth-order valence-electron chi connectivity index (χ4n) is 3.31. The van der Waals surface area contributed by atoms with Gasteiger partial charge in [0, 0.05) is 0 Å². The van der Waals surface area contributed by atoms with Crippen molar-refractivity contribution in [2.24, 2.45) is 23.7 Å². The highest BCUT2D eigenvalue weighted by Gasteiger charge is 2.27. The van der Waals surface area contributed by atoms with Gasteiger partial charge in [0.15, 0.2) is 0 Å². The number of hydrogen-bond acceptors (Lipinski definition) is 0. The summed E-state index contributed by atoms with van der Waals surface area (Å²) < 4.78 is 0. The SMILES string of the molecule is CCC(C)C(CC)C(CC)C(CC)CC. The van der Waals surface area contributed by atoms with Gasteiger partial charge in [-0.15, -0.1) is 0 Å². The molecule has 0 aliphatic carbocycles. The molecule has 0 fully saturated rings. The molecule has 0 amide bonds. The highest BCUT2D eigenvalue weighted by atomic mass is 14.3. The summed E-state index contributed by atoms with van der Waals surface area (Å²) in [4.78, 5) is 0. The van der Waals surface area contributed by atoms with E-state index in [-0.39, 0.29) is 0 Å². The molecule has 0 aliphatic rings. The molecule has 3 atom stereocenters. The second kappa shape index (κ2) is 8.19. The Kier molecular flexibility index (Phi) is 8.19. The standard InChI is InChI=1S/C15H32/c1-7-12(6)14(10-4)15(11-5)13(8-2)9-3/h12-15H,7-11H2,1-6H3. The van der Waals surface area contributed by atoms with Crippen molar-refractivity contribution < 1.29 is 0 Å². The van der Waals surface area contributed by atoms with Crippen LogP contribution >= 0.6 is 0 Å². The molecular formula is C15H32. The predicted octanol–water partition coefficient (Wildman–Crippen LogP) is 5.52. The minimum Gasteiger partial charge on any atom is -0.0651 e. The zero-order valence-electron chi connectivity index (χ0n) is 11.8. The molecule has 92 valence electrons. The van der Waals surface area contributed by atoms with Crippen LogP contribution in [0.15, 0.2) is 0 Å². The summed E-state index contributed by atoms with van der Waals surface area (Å²) >= 11 is 0. The fraction of sp³-hybridized carbons (Fsp3) is 1.00. The van der Waals surface area contributed by atoms with Crippen molar-refractivity contribution in [3.05, 3.63) is 0 Å². The lowest BCUT2D eigenvalue weighted by Crippen LogP contribution is -2.27. The summed E-state index contributed by atoms with van der Waals surface area (Å²) in [6.07, 6.45) is 6.80. The first-order valence-corrected chi connectivity index (χ1v) is 7.15. The lowest BCUT2D eigenvalue weighted by atomic mass is 9.70. The van der Waals surface area contributed by atoms with Gasteiger partial charge in [0.25, 0.3) is 0 Å². The largest absolute Gasteiger partial charge is 0.0651 e. The van der Waals surface area contributed by atoms with E-state index >= 15 is 0 Å². The Morgan fingerprint density at radius 2 is 1.07 bits per heavy atom. The summed E-state index contributed by atoms with van der Waals surface area (Å²) in [5.41, 5.74) is 0. The van der Waals surface area contributed by atoms with E-state index in [2.05, 4.69) is 41.5 Å². The van der Waals surface area contributed by atoms with Gasteiger partial charge in [-0.2, -0.15) is 0 Å². The van der Waals surface area contributed by atoms with E-state index < -0.39 is 0 Å². The van der Waals surface area contributed by atoms with Gasteiger partial charge < -0.3 is 0 Å². The minimum atomic E-state index is 0.903. The van der Waals surface area contributed by atoms with Crippen LogP contribution in [0, 0.1) is 23.7 Å². The van der Waals surface area contributed by atoms with Gasteiger partial charge in [-0.3, -0.25) is 0 Å².